The van der Waals surface area contributed by atoms with E-state index in [0.29, 0.717) is 6.42 Å². The van der Waals surface area contributed by atoms with Crippen LogP contribution < -0.4 is 5.14 Å². The third-order valence-electron chi connectivity index (χ3n) is 6.43. The van der Waals surface area contributed by atoms with Crippen LogP contribution in [0.15, 0.2) is 40.8 Å². The lowest BCUT2D eigenvalue weighted by Gasteiger charge is -2.15. The van der Waals surface area contributed by atoms with Crippen LogP contribution in [0.25, 0.3) is 0 Å². The molecular weight excluding hydrogens is 380 g/mol. The number of benzene rings is 2. The first-order valence-corrected chi connectivity index (χ1v) is 12.3. The maximum absolute atomic E-state index is 13.0. The summed E-state index contributed by atoms with van der Waals surface area (Å²) in [6.07, 6.45) is 8.25. The summed E-state index contributed by atoms with van der Waals surface area (Å²) in [4.78, 5) is 12.8. The first-order valence-electron chi connectivity index (χ1n) is 10.7. The first-order chi connectivity index (χ1) is 13.9. The number of fused-ring (bicyclic) bond motifs is 2. The largest absolute Gasteiger partial charge is 0.272 e. The second-order valence-corrected chi connectivity index (χ2v) is 10.7. The van der Waals surface area contributed by atoms with Crippen LogP contribution in [0.1, 0.15) is 59.6 Å². The van der Waals surface area contributed by atoms with Gasteiger partial charge in [0.1, 0.15) is 9.92 Å². The van der Waals surface area contributed by atoms with Crippen LogP contribution in [0.3, 0.4) is 0 Å². The smallest absolute Gasteiger partial charge is 0.259 e. The molecule has 0 saturated heterocycles. The Morgan fingerprint density at radius 2 is 1.69 bits per heavy atom. The van der Waals surface area contributed by atoms with Crippen LogP contribution in [0, 0.1) is 0 Å². The normalized spacial score (nSPS) is 18.0. The van der Waals surface area contributed by atoms with Gasteiger partial charge in [-0.05, 0) is 91.7 Å². The van der Waals surface area contributed by atoms with Crippen molar-refractivity contribution in [3.05, 3.63) is 69.8 Å². The molecule has 4 rings (SSSR count). The van der Waals surface area contributed by atoms with Crippen molar-refractivity contribution >= 4 is 15.8 Å². The molecule has 0 bridgehead atoms. The van der Waals surface area contributed by atoms with E-state index in [-0.39, 0.29) is 17.6 Å². The van der Waals surface area contributed by atoms with Gasteiger partial charge in [0, 0.05) is 0 Å². The van der Waals surface area contributed by atoms with Gasteiger partial charge in [-0.2, -0.15) is 0 Å². The minimum absolute atomic E-state index is 0.241. The Hall–Kier alpha value is -1.98. The lowest BCUT2D eigenvalue weighted by molar-refractivity contribution is -0.117. The summed E-state index contributed by atoms with van der Waals surface area (Å²) in [6.45, 7) is 1.83. The molecule has 2 aromatic carbocycles. The number of carbonyl (C=O) groups excluding carboxylic acids is 1. The van der Waals surface area contributed by atoms with Crippen molar-refractivity contribution in [2.45, 2.75) is 70.0 Å². The van der Waals surface area contributed by atoms with Crippen molar-refractivity contribution in [1.82, 2.24) is 0 Å². The van der Waals surface area contributed by atoms with Crippen molar-refractivity contribution in [1.29, 1.82) is 0 Å². The average Bonchev–Trinajstić information content (AvgIpc) is 3.35. The number of rotatable bonds is 6. The highest BCUT2D eigenvalue weighted by Crippen LogP contribution is 2.35. The number of hydrogen-bond donors (Lipinski definition) is 1. The summed E-state index contributed by atoms with van der Waals surface area (Å²) >= 11 is 0. The van der Waals surface area contributed by atoms with Crippen LogP contribution in [0.5, 0.6) is 0 Å². The Morgan fingerprint density at radius 3 is 2.31 bits per heavy atom. The van der Waals surface area contributed by atoms with Crippen molar-refractivity contribution in [2.24, 2.45) is 9.50 Å². The minimum Gasteiger partial charge on any atom is -0.272 e. The lowest BCUT2D eigenvalue weighted by Crippen LogP contribution is -2.28. The highest BCUT2D eigenvalue weighted by molar-refractivity contribution is 7.92. The predicted octanol–water partition coefficient (Wildman–Crippen LogP) is 4.10. The molecule has 0 saturated carbocycles. The third kappa shape index (κ3) is 4.46. The van der Waals surface area contributed by atoms with Crippen molar-refractivity contribution in [3.8, 4) is 0 Å². The molecule has 2 atom stereocenters. The molecule has 2 aliphatic carbocycles. The van der Waals surface area contributed by atoms with Crippen LogP contribution in [-0.2, 0) is 53.2 Å². The zero-order valence-electron chi connectivity index (χ0n) is 17.2. The van der Waals surface area contributed by atoms with Gasteiger partial charge in [0.25, 0.3) is 5.91 Å². The Morgan fingerprint density at radius 1 is 1.07 bits per heavy atom. The predicted molar refractivity (Wildman–Crippen MR) is 118 cm³/mol. The maximum atomic E-state index is 13.0. The van der Waals surface area contributed by atoms with Crippen molar-refractivity contribution in [3.63, 3.8) is 0 Å². The molecule has 0 fully saturated rings. The van der Waals surface area contributed by atoms with Gasteiger partial charge in [0.2, 0.25) is 0 Å². The third-order valence-corrected chi connectivity index (χ3v) is 8.31. The molecule has 0 aromatic heterocycles. The summed E-state index contributed by atoms with van der Waals surface area (Å²) in [6, 6.07) is 12.4. The molecule has 2 N–H and O–H groups in total. The van der Waals surface area contributed by atoms with E-state index in [1.807, 2.05) is 37.3 Å². The van der Waals surface area contributed by atoms with Crippen LogP contribution in [-0.4, -0.2) is 15.4 Å². The molecule has 2 aromatic rings. The van der Waals surface area contributed by atoms with Gasteiger partial charge in [0.05, 0.1) is 11.7 Å². The number of nitrogens with two attached hydrogens (primary N) is 1. The first kappa shape index (κ1) is 20.3. The number of hydrogen-bond acceptors (Lipinski definition) is 2. The molecule has 4 nitrogen and oxygen atoms in total. The Kier molecular flexibility index (Phi) is 5.88. The fourth-order valence-corrected chi connectivity index (χ4v) is 5.78. The van der Waals surface area contributed by atoms with E-state index in [1.165, 1.54) is 27.8 Å². The van der Waals surface area contributed by atoms with E-state index < -0.39 is 9.92 Å². The fourth-order valence-electron chi connectivity index (χ4n) is 4.76. The topological polar surface area (TPSA) is 72.5 Å². The van der Waals surface area contributed by atoms with E-state index >= 15 is 0 Å². The van der Waals surface area contributed by atoms with Gasteiger partial charge in [-0.25, -0.2) is 9.35 Å². The molecule has 0 heterocycles. The monoisotopic (exact) mass is 410 g/mol. The zero-order chi connectivity index (χ0) is 20.4. The Labute approximate surface area is 174 Å². The minimum atomic E-state index is -3.05. The molecule has 5 heteroatoms. The number of nitrogens with zero attached hydrogens (tertiary/aromatic N) is 1. The molecule has 1 amide bonds. The Bertz CT molecular complexity index is 1000. The van der Waals surface area contributed by atoms with Crippen molar-refractivity contribution in [2.75, 3.05) is 0 Å². The van der Waals surface area contributed by atoms with E-state index in [1.54, 1.807) is 0 Å². The van der Waals surface area contributed by atoms with E-state index in [2.05, 4.69) is 10.4 Å². The molecular formula is C24H30N2O2S. The van der Waals surface area contributed by atoms with Gasteiger partial charge >= 0.3 is 0 Å². The second kappa shape index (κ2) is 8.41. The molecule has 0 spiro atoms. The standard InChI is InChI=1S/C24H30N2O2S/c1-17(13-14-18-7-3-2-4-8-18)29(25,28)26-24(27)16-23-21-11-5-9-19(21)15-20-10-6-12-22(20)23/h2-4,7-8,15,17H,5-6,9-14,16H2,1H3,(H2,25,26,27,28). The summed E-state index contributed by atoms with van der Waals surface area (Å²) in [5.41, 5.74) is 7.82. The SMILES string of the molecule is CC(CCc1ccccc1)S(N)(=O)=NC(=O)Cc1c2c(cc3c1CCC3)CCC2. The summed E-state index contributed by atoms with van der Waals surface area (Å²) in [5.74, 6) is -0.335. The lowest BCUT2D eigenvalue weighted by atomic mass is 9.92. The van der Waals surface area contributed by atoms with Gasteiger partial charge in [-0.3, -0.25) is 4.79 Å². The number of amides is 1. The number of aryl methyl sites for hydroxylation is 3. The molecule has 2 aliphatic rings. The van der Waals surface area contributed by atoms with Crippen molar-refractivity contribution < 1.29 is 9.00 Å². The van der Waals surface area contributed by atoms with Crippen LogP contribution in [0.2, 0.25) is 0 Å². The quantitative estimate of drug-likeness (QED) is 0.779. The maximum Gasteiger partial charge on any atom is 0.259 e. The van der Waals surface area contributed by atoms with E-state index in [0.717, 1.165) is 50.5 Å². The highest BCUT2D eigenvalue weighted by Gasteiger charge is 2.25. The van der Waals surface area contributed by atoms with Gasteiger partial charge in [-0.15, -0.1) is 4.36 Å². The Balaban J connectivity index is 1.50. The molecule has 0 radical (unpaired) electrons. The average molecular weight is 411 g/mol. The highest BCUT2D eigenvalue weighted by atomic mass is 32.2. The summed E-state index contributed by atoms with van der Waals surface area (Å²) in [7, 11) is -3.05. The zero-order valence-corrected chi connectivity index (χ0v) is 18.0. The molecule has 29 heavy (non-hydrogen) atoms. The molecule has 2 unspecified atom stereocenters. The van der Waals surface area contributed by atoms with E-state index in [9.17, 15) is 9.00 Å². The fraction of sp³-hybridized carbons (Fsp3) is 0.458. The van der Waals surface area contributed by atoms with Gasteiger partial charge in [0.15, 0.2) is 0 Å². The van der Waals surface area contributed by atoms with E-state index in [4.69, 9.17) is 5.14 Å². The van der Waals surface area contributed by atoms with Gasteiger partial charge < -0.3 is 0 Å². The van der Waals surface area contributed by atoms with Crippen LogP contribution in [0.4, 0.5) is 0 Å². The van der Waals surface area contributed by atoms with Crippen LogP contribution >= 0.6 is 0 Å². The summed E-state index contributed by atoms with van der Waals surface area (Å²) in [5, 5.41) is 5.71. The molecule has 0 aliphatic heterocycles. The van der Waals surface area contributed by atoms with Gasteiger partial charge in [-0.1, -0.05) is 36.4 Å². The second-order valence-electron chi connectivity index (χ2n) is 8.45. The molecule has 154 valence electrons. The number of carbonyl (C=O) groups is 1. The summed E-state index contributed by atoms with van der Waals surface area (Å²) < 4.78 is 17.0.